The third kappa shape index (κ3) is 4.73. The van der Waals surface area contributed by atoms with Crippen LogP contribution in [0.1, 0.15) is 58.7 Å². The molecule has 0 unspecified atom stereocenters. The van der Waals surface area contributed by atoms with Gasteiger partial charge >= 0.3 is 0 Å². The first kappa shape index (κ1) is 25.0. The number of thiazole rings is 1. The number of nitrogens with zero attached hydrogens (tertiary/aromatic N) is 6. The van der Waals surface area contributed by atoms with E-state index < -0.39 is 0 Å². The SMILES string of the molecule is Cc1cc(-c2ncnc3c2cc(-c2cn(C)nc2C)n3C)ccc1CCC(=O)c1cnc(C(C)(C)C)s1. The topological polar surface area (TPSA) is 78.5 Å². The minimum absolute atomic E-state index is 0.0433. The summed E-state index contributed by atoms with van der Waals surface area (Å²) in [5, 5.41) is 6.50. The number of ketones is 1. The second-order valence-corrected chi connectivity index (χ2v) is 11.7. The first-order valence-corrected chi connectivity index (χ1v) is 13.2. The van der Waals surface area contributed by atoms with E-state index in [2.05, 4.69) is 76.6 Å². The average Bonchev–Trinajstić information content (AvgIpc) is 3.55. The van der Waals surface area contributed by atoms with E-state index in [1.54, 1.807) is 12.5 Å². The molecule has 37 heavy (non-hydrogen) atoms. The lowest BCUT2D eigenvalue weighted by Crippen LogP contribution is -2.09. The highest BCUT2D eigenvalue weighted by Gasteiger charge is 2.21. The van der Waals surface area contributed by atoms with Crippen molar-refractivity contribution in [2.24, 2.45) is 14.1 Å². The molecule has 0 saturated heterocycles. The van der Waals surface area contributed by atoms with Gasteiger partial charge in [0.15, 0.2) is 5.78 Å². The zero-order chi connectivity index (χ0) is 26.5. The molecule has 0 spiro atoms. The average molecular weight is 513 g/mol. The van der Waals surface area contributed by atoms with Gasteiger partial charge in [-0.3, -0.25) is 9.48 Å². The molecule has 0 saturated carbocycles. The molecule has 5 rings (SSSR count). The molecule has 0 aliphatic carbocycles. The maximum Gasteiger partial charge on any atom is 0.174 e. The van der Waals surface area contributed by atoms with Gasteiger partial charge in [0.2, 0.25) is 0 Å². The second-order valence-electron chi connectivity index (χ2n) is 10.7. The molecule has 1 aromatic carbocycles. The third-order valence-corrected chi connectivity index (χ3v) is 8.24. The summed E-state index contributed by atoms with van der Waals surface area (Å²) in [6, 6.07) is 8.53. The van der Waals surface area contributed by atoms with Gasteiger partial charge in [-0.2, -0.15) is 5.10 Å². The van der Waals surface area contributed by atoms with E-state index >= 15 is 0 Å². The van der Waals surface area contributed by atoms with Crippen molar-refractivity contribution in [1.29, 1.82) is 0 Å². The molecule has 0 N–H and O–H groups in total. The predicted octanol–water partition coefficient (Wildman–Crippen LogP) is 6.22. The molecule has 0 fully saturated rings. The second kappa shape index (κ2) is 9.34. The van der Waals surface area contributed by atoms with E-state index in [1.807, 2.05) is 31.9 Å². The highest BCUT2D eigenvalue weighted by Crippen LogP contribution is 2.34. The van der Waals surface area contributed by atoms with E-state index in [9.17, 15) is 4.79 Å². The summed E-state index contributed by atoms with van der Waals surface area (Å²) in [4.78, 5) is 27.3. The van der Waals surface area contributed by atoms with Gasteiger partial charge in [0.25, 0.3) is 0 Å². The summed E-state index contributed by atoms with van der Waals surface area (Å²) < 4.78 is 3.93. The number of carbonyl (C=O) groups excluding carboxylic acids is 1. The number of hydrogen-bond donors (Lipinski definition) is 0. The first-order chi connectivity index (χ1) is 17.5. The number of rotatable bonds is 6. The Balaban J connectivity index is 1.40. The number of fused-ring (bicyclic) bond motifs is 1. The van der Waals surface area contributed by atoms with Crippen LogP contribution in [0.3, 0.4) is 0 Å². The van der Waals surface area contributed by atoms with Crippen LogP contribution in [0.5, 0.6) is 0 Å². The Morgan fingerprint density at radius 2 is 1.84 bits per heavy atom. The lowest BCUT2D eigenvalue weighted by molar-refractivity contribution is 0.0986. The number of hydrogen-bond acceptors (Lipinski definition) is 6. The summed E-state index contributed by atoms with van der Waals surface area (Å²) >= 11 is 1.51. The molecule has 0 atom stereocenters. The van der Waals surface area contributed by atoms with Gasteiger partial charge in [0.1, 0.15) is 12.0 Å². The van der Waals surface area contributed by atoms with Crippen LogP contribution < -0.4 is 0 Å². The number of aryl methyl sites for hydroxylation is 5. The fourth-order valence-electron chi connectivity index (χ4n) is 4.72. The number of aromatic nitrogens is 6. The zero-order valence-corrected chi connectivity index (χ0v) is 23.3. The Hall–Kier alpha value is -3.65. The van der Waals surface area contributed by atoms with Gasteiger partial charge in [-0.15, -0.1) is 11.3 Å². The van der Waals surface area contributed by atoms with Crippen molar-refractivity contribution < 1.29 is 4.79 Å². The van der Waals surface area contributed by atoms with Crippen molar-refractivity contribution in [3.8, 4) is 22.5 Å². The van der Waals surface area contributed by atoms with E-state index in [0.717, 1.165) is 54.7 Å². The molecule has 8 heteroatoms. The Kier molecular flexibility index (Phi) is 6.31. The van der Waals surface area contributed by atoms with Gasteiger partial charge in [0, 0.05) is 54.8 Å². The molecule has 0 aliphatic heterocycles. The van der Waals surface area contributed by atoms with Crippen molar-refractivity contribution in [3.63, 3.8) is 0 Å². The van der Waals surface area contributed by atoms with Gasteiger partial charge in [0.05, 0.1) is 27.0 Å². The van der Waals surface area contributed by atoms with Crippen molar-refractivity contribution in [1.82, 2.24) is 29.3 Å². The number of Topliss-reactive ketones (excluding diaryl/α,β-unsaturated/α-hetero) is 1. The number of carbonyl (C=O) groups is 1. The highest BCUT2D eigenvalue weighted by molar-refractivity contribution is 7.13. The fourth-order valence-corrected chi connectivity index (χ4v) is 5.66. The largest absolute Gasteiger partial charge is 0.328 e. The van der Waals surface area contributed by atoms with Crippen molar-refractivity contribution in [3.05, 3.63) is 69.7 Å². The highest BCUT2D eigenvalue weighted by atomic mass is 32.1. The Bertz CT molecular complexity index is 1630. The predicted molar refractivity (Wildman–Crippen MR) is 149 cm³/mol. The summed E-state index contributed by atoms with van der Waals surface area (Å²) in [5.41, 5.74) is 8.22. The lowest BCUT2D eigenvalue weighted by Gasteiger charge is -2.13. The molecular weight excluding hydrogens is 480 g/mol. The quantitative estimate of drug-likeness (QED) is 0.252. The van der Waals surface area contributed by atoms with E-state index in [4.69, 9.17) is 0 Å². The van der Waals surface area contributed by atoms with E-state index in [-0.39, 0.29) is 11.2 Å². The standard InChI is InChI=1S/C29H32N6OS/c1-17-12-20(9-8-19(17)10-11-24(36)25-14-30-28(37-25)29(3,4)5)26-21-13-23(22-15-34(6)33-18(22)2)35(7)27(21)32-16-31-26/h8-9,12-16H,10-11H2,1-7H3. The smallest absolute Gasteiger partial charge is 0.174 e. The van der Waals surface area contributed by atoms with Crippen LogP contribution in [0.25, 0.3) is 33.5 Å². The van der Waals surface area contributed by atoms with E-state index in [0.29, 0.717) is 12.8 Å². The van der Waals surface area contributed by atoms with Crippen LogP contribution in [0.2, 0.25) is 0 Å². The normalized spacial score (nSPS) is 12.0. The maximum absolute atomic E-state index is 12.8. The van der Waals surface area contributed by atoms with Crippen LogP contribution in [0.4, 0.5) is 0 Å². The summed E-state index contributed by atoms with van der Waals surface area (Å²) in [6.07, 6.45) is 6.55. The Morgan fingerprint density at radius 3 is 2.49 bits per heavy atom. The molecule has 190 valence electrons. The van der Waals surface area contributed by atoms with Gasteiger partial charge in [-0.1, -0.05) is 32.9 Å². The molecular formula is C29H32N6OS. The molecule has 0 aliphatic rings. The summed E-state index contributed by atoms with van der Waals surface area (Å²) in [5.74, 6) is 0.150. The summed E-state index contributed by atoms with van der Waals surface area (Å²) in [6.45, 7) is 10.5. The summed E-state index contributed by atoms with van der Waals surface area (Å²) in [7, 11) is 3.96. The van der Waals surface area contributed by atoms with Crippen LogP contribution in [0.15, 0.2) is 43.0 Å². The lowest BCUT2D eigenvalue weighted by atomic mass is 9.98. The van der Waals surface area contributed by atoms with Crippen molar-refractivity contribution >= 4 is 28.2 Å². The molecule has 4 aromatic heterocycles. The van der Waals surface area contributed by atoms with Gasteiger partial charge < -0.3 is 4.57 Å². The van der Waals surface area contributed by atoms with Crippen LogP contribution in [-0.2, 0) is 25.9 Å². The minimum Gasteiger partial charge on any atom is -0.328 e. The fraction of sp³-hybridized carbons (Fsp3) is 0.345. The Labute approximate surface area is 221 Å². The van der Waals surface area contributed by atoms with Crippen LogP contribution in [-0.4, -0.2) is 35.1 Å². The van der Waals surface area contributed by atoms with Gasteiger partial charge in [-0.25, -0.2) is 15.0 Å². The molecule has 4 heterocycles. The van der Waals surface area contributed by atoms with Crippen molar-refractivity contribution in [2.75, 3.05) is 0 Å². The van der Waals surface area contributed by atoms with Crippen molar-refractivity contribution in [2.45, 2.75) is 52.9 Å². The Morgan fingerprint density at radius 1 is 1.05 bits per heavy atom. The number of benzene rings is 1. The molecule has 0 bridgehead atoms. The molecule has 0 amide bonds. The third-order valence-electron chi connectivity index (χ3n) is 6.77. The van der Waals surface area contributed by atoms with Gasteiger partial charge in [-0.05, 0) is 43.5 Å². The maximum atomic E-state index is 12.8. The molecule has 5 aromatic rings. The molecule has 7 nitrogen and oxygen atoms in total. The molecule has 0 radical (unpaired) electrons. The van der Waals surface area contributed by atoms with Crippen LogP contribution >= 0.6 is 11.3 Å². The minimum atomic E-state index is -0.0433. The van der Waals surface area contributed by atoms with E-state index in [1.165, 1.54) is 16.9 Å². The van der Waals surface area contributed by atoms with Crippen LogP contribution in [0, 0.1) is 13.8 Å². The zero-order valence-electron chi connectivity index (χ0n) is 22.5. The first-order valence-electron chi connectivity index (χ1n) is 12.4. The monoisotopic (exact) mass is 512 g/mol.